The third-order valence-corrected chi connectivity index (χ3v) is 3.48. The van der Waals surface area contributed by atoms with Gasteiger partial charge in [0, 0.05) is 25.1 Å². The van der Waals surface area contributed by atoms with Crippen LogP contribution in [0.1, 0.15) is 17.5 Å². The summed E-state index contributed by atoms with van der Waals surface area (Å²) in [6.45, 7) is 1.16. The minimum atomic E-state index is -0.284. The predicted molar refractivity (Wildman–Crippen MR) is 80.5 cm³/mol. The van der Waals surface area contributed by atoms with Crippen LogP contribution in [-0.2, 0) is 11.4 Å². The summed E-state index contributed by atoms with van der Waals surface area (Å²) in [4.78, 5) is 5.35. The van der Waals surface area contributed by atoms with Gasteiger partial charge in [-0.3, -0.25) is 0 Å². The molecule has 1 atom stereocenters. The lowest BCUT2D eigenvalue weighted by atomic mass is 10.0. The number of hydrogen-bond acceptors (Lipinski definition) is 3. The maximum atomic E-state index is 13.2. The summed E-state index contributed by atoms with van der Waals surface area (Å²) in [5, 5.41) is 7.23. The summed E-state index contributed by atoms with van der Waals surface area (Å²) in [5.41, 5.74) is 2.37. The molecule has 1 heterocycles. The Bertz CT molecular complexity index is 688. The molecule has 1 aliphatic rings. The molecule has 5 heteroatoms. The van der Waals surface area contributed by atoms with Gasteiger partial charge in [-0.1, -0.05) is 29.4 Å². The van der Waals surface area contributed by atoms with Gasteiger partial charge in [-0.15, -0.1) is 0 Å². The van der Waals surface area contributed by atoms with Gasteiger partial charge >= 0.3 is 0 Å². The fraction of sp³-hybridized carbons (Fsp3) is 0.235. The van der Waals surface area contributed by atoms with Gasteiger partial charge in [-0.2, -0.15) is 0 Å². The number of nitrogens with zero attached hydrogens (tertiary/aromatic N) is 1. The van der Waals surface area contributed by atoms with E-state index in [1.165, 1.54) is 24.3 Å². The summed E-state index contributed by atoms with van der Waals surface area (Å²) in [7, 11) is 0. The molecule has 22 heavy (non-hydrogen) atoms. The van der Waals surface area contributed by atoms with Crippen LogP contribution in [0.25, 0.3) is 0 Å². The lowest BCUT2D eigenvalue weighted by Crippen LogP contribution is -2.26. The predicted octanol–water partition coefficient (Wildman–Crippen LogP) is 3.25. The van der Waals surface area contributed by atoms with Crippen molar-refractivity contribution in [2.24, 2.45) is 5.16 Å². The topological polar surface area (TPSA) is 33.6 Å². The molecule has 0 aliphatic carbocycles. The Kier molecular flexibility index (Phi) is 4.44. The average Bonchev–Trinajstić information content (AvgIpc) is 2.96. The molecular weight excluding hydrogens is 286 g/mol. The van der Waals surface area contributed by atoms with Gasteiger partial charge in [-0.25, -0.2) is 8.78 Å². The summed E-state index contributed by atoms with van der Waals surface area (Å²) < 4.78 is 26.3. The summed E-state index contributed by atoms with van der Waals surface area (Å²) >= 11 is 0. The van der Waals surface area contributed by atoms with Crippen LogP contribution in [0.3, 0.4) is 0 Å². The maximum absolute atomic E-state index is 13.2. The first-order valence-electron chi connectivity index (χ1n) is 7.14. The summed E-state index contributed by atoms with van der Waals surface area (Å²) in [5.74, 6) is -0.527. The second kappa shape index (κ2) is 6.66. The van der Waals surface area contributed by atoms with E-state index in [1.54, 1.807) is 12.1 Å². The molecular formula is C17H16F2N2O. The molecule has 3 nitrogen and oxygen atoms in total. The molecule has 114 valence electrons. The van der Waals surface area contributed by atoms with Gasteiger partial charge < -0.3 is 10.2 Å². The molecule has 0 unspecified atom stereocenters. The second-order valence-corrected chi connectivity index (χ2v) is 5.24. The first-order valence-corrected chi connectivity index (χ1v) is 7.14. The Balaban J connectivity index is 1.48. The molecule has 0 saturated carbocycles. The zero-order valence-corrected chi connectivity index (χ0v) is 11.9. The first kappa shape index (κ1) is 14.7. The van der Waals surface area contributed by atoms with Gasteiger partial charge in [0.15, 0.2) is 0 Å². The van der Waals surface area contributed by atoms with E-state index in [1.807, 2.05) is 12.1 Å². The van der Waals surface area contributed by atoms with Crippen molar-refractivity contribution in [1.29, 1.82) is 0 Å². The fourth-order valence-corrected chi connectivity index (χ4v) is 2.40. The number of benzene rings is 2. The van der Waals surface area contributed by atoms with Crippen molar-refractivity contribution in [3.63, 3.8) is 0 Å². The van der Waals surface area contributed by atoms with Crippen molar-refractivity contribution in [3.05, 3.63) is 71.3 Å². The van der Waals surface area contributed by atoms with E-state index in [0.717, 1.165) is 16.8 Å². The molecule has 0 amide bonds. The van der Waals surface area contributed by atoms with E-state index in [-0.39, 0.29) is 17.7 Å². The van der Waals surface area contributed by atoms with Gasteiger partial charge in [0.05, 0.1) is 5.71 Å². The van der Waals surface area contributed by atoms with Crippen molar-refractivity contribution >= 4 is 5.71 Å². The van der Waals surface area contributed by atoms with Crippen LogP contribution in [0, 0.1) is 11.6 Å². The van der Waals surface area contributed by atoms with E-state index >= 15 is 0 Å². The molecule has 2 aromatic carbocycles. The third kappa shape index (κ3) is 3.68. The standard InChI is InChI=1S/C17H16F2N2O/c18-14-5-1-3-12(7-14)10-20-11-16-9-17(21-22-16)13-4-2-6-15(19)8-13/h1-8,16,20H,9-11H2/t16-/m1/s1. The lowest BCUT2D eigenvalue weighted by Gasteiger charge is -2.09. The monoisotopic (exact) mass is 302 g/mol. The molecule has 0 bridgehead atoms. The van der Waals surface area contributed by atoms with Gasteiger partial charge in [0.2, 0.25) is 0 Å². The highest BCUT2D eigenvalue weighted by Gasteiger charge is 2.21. The van der Waals surface area contributed by atoms with Gasteiger partial charge in [-0.05, 0) is 29.8 Å². The van der Waals surface area contributed by atoms with E-state index < -0.39 is 0 Å². The Labute approximate surface area is 127 Å². The molecule has 1 N–H and O–H groups in total. The van der Waals surface area contributed by atoms with E-state index in [2.05, 4.69) is 10.5 Å². The van der Waals surface area contributed by atoms with Crippen molar-refractivity contribution in [2.75, 3.05) is 6.54 Å². The maximum Gasteiger partial charge on any atom is 0.145 e. The molecule has 0 aromatic heterocycles. The highest BCUT2D eigenvalue weighted by molar-refractivity contribution is 6.01. The largest absolute Gasteiger partial charge is 0.390 e. The van der Waals surface area contributed by atoms with E-state index in [4.69, 9.17) is 4.84 Å². The quantitative estimate of drug-likeness (QED) is 0.920. The fourth-order valence-electron chi connectivity index (χ4n) is 2.40. The van der Waals surface area contributed by atoms with Crippen LogP contribution >= 0.6 is 0 Å². The Hall–Kier alpha value is -2.27. The smallest absolute Gasteiger partial charge is 0.145 e. The molecule has 0 saturated heterocycles. The Morgan fingerprint density at radius 3 is 2.64 bits per heavy atom. The van der Waals surface area contributed by atoms with E-state index in [9.17, 15) is 8.78 Å². The minimum absolute atomic E-state index is 0.0909. The number of nitrogens with one attached hydrogen (secondary N) is 1. The van der Waals surface area contributed by atoms with Crippen LogP contribution in [-0.4, -0.2) is 18.4 Å². The molecule has 0 spiro atoms. The van der Waals surface area contributed by atoms with E-state index in [0.29, 0.717) is 19.5 Å². The summed E-state index contributed by atoms with van der Waals surface area (Å²) in [6.07, 6.45) is 0.534. The molecule has 3 rings (SSSR count). The van der Waals surface area contributed by atoms with Crippen molar-refractivity contribution in [1.82, 2.24) is 5.32 Å². The van der Waals surface area contributed by atoms with Crippen LogP contribution in [0.15, 0.2) is 53.7 Å². The molecule has 0 fully saturated rings. The van der Waals surface area contributed by atoms with Crippen LogP contribution in [0.5, 0.6) is 0 Å². The van der Waals surface area contributed by atoms with Crippen molar-refractivity contribution < 1.29 is 13.6 Å². The van der Waals surface area contributed by atoms with Gasteiger partial charge in [0.1, 0.15) is 17.7 Å². The summed E-state index contributed by atoms with van der Waals surface area (Å²) in [6, 6.07) is 12.8. The van der Waals surface area contributed by atoms with Crippen LogP contribution in [0.2, 0.25) is 0 Å². The lowest BCUT2D eigenvalue weighted by molar-refractivity contribution is 0.0848. The zero-order chi connectivity index (χ0) is 15.4. The van der Waals surface area contributed by atoms with Crippen molar-refractivity contribution in [2.45, 2.75) is 19.1 Å². The van der Waals surface area contributed by atoms with Crippen molar-refractivity contribution in [3.8, 4) is 0 Å². The first-order chi connectivity index (χ1) is 10.7. The zero-order valence-electron chi connectivity index (χ0n) is 11.9. The number of halogens is 2. The number of oxime groups is 1. The molecule has 1 aliphatic heterocycles. The molecule has 0 radical (unpaired) electrons. The third-order valence-electron chi connectivity index (χ3n) is 3.48. The Morgan fingerprint density at radius 2 is 1.86 bits per heavy atom. The second-order valence-electron chi connectivity index (χ2n) is 5.24. The average molecular weight is 302 g/mol. The number of hydrogen-bond donors (Lipinski definition) is 1. The SMILES string of the molecule is Fc1cccc(CNC[C@H]2CC(c3cccc(F)c3)=NO2)c1. The van der Waals surface area contributed by atoms with Crippen LogP contribution in [0.4, 0.5) is 8.78 Å². The van der Waals surface area contributed by atoms with Gasteiger partial charge in [0.25, 0.3) is 0 Å². The minimum Gasteiger partial charge on any atom is -0.390 e. The highest BCUT2D eigenvalue weighted by Crippen LogP contribution is 2.17. The normalized spacial score (nSPS) is 17.2. The van der Waals surface area contributed by atoms with Crippen LogP contribution < -0.4 is 5.32 Å². The highest BCUT2D eigenvalue weighted by atomic mass is 19.1. The number of rotatable bonds is 5. The molecule has 2 aromatic rings. The Morgan fingerprint density at radius 1 is 1.09 bits per heavy atom.